The molecular weight excluding hydrogens is 230 g/mol. The molecule has 1 aromatic heterocycles. The fourth-order valence-electron chi connectivity index (χ4n) is 1.85. The third kappa shape index (κ3) is 2.88. The van der Waals surface area contributed by atoms with Crippen molar-refractivity contribution in [3.63, 3.8) is 0 Å². The number of aryl methyl sites for hydroxylation is 1. The van der Waals surface area contributed by atoms with Gasteiger partial charge in [0.15, 0.2) is 11.7 Å². The van der Waals surface area contributed by atoms with Gasteiger partial charge in [0.25, 0.3) is 0 Å². The van der Waals surface area contributed by atoms with Crippen LogP contribution in [0.1, 0.15) is 30.7 Å². The topological polar surface area (TPSA) is 87.6 Å². The van der Waals surface area contributed by atoms with Gasteiger partial charge in [-0.2, -0.15) is 5.10 Å². The molecule has 0 aliphatic heterocycles. The summed E-state index contributed by atoms with van der Waals surface area (Å²) in [5.74, 6) is 1.19. The van der Waals surface area contributed by atoms with Crippen molar-refractivity contribution in [2.45, 2.75) is 27.7 Å². The zero-order valence-corrected chi connectivity index (χ0v) is 11.6. The lowest BCUT2D eigenvalue weighted by molar-refractivity contribution is 0.318. The van der Waals surface area contributed by atoms with Gasteiger partial charge in [-0.05, 0) is 25.3 Å². The Kier molecular flexibility index (Phi) is 4.47. The van der Waals surface area contributed by atoms with Crippen LogP contribution in [0.5, 0.6) is 0 Å². The molecule has 6 nitrogen and oxygen atoms in total. The maximum atomic E-state index is 8.89. The van der Waals surface area contributed by atoms with Crippen LogP contribution in [0, 0.1) is 19.8 Å². The van der Waals surface area contributed by atoms with Gasteiger partial charge in [0.1, 0.15) is 0 Å². The molecule has 100 valence electrons. The minimum Gasteiger partial charge on any atom is -0.409 e. The van der Waals surface area contributed by atoms with E-state index in [0.717, 1.165) is 17.8 Å². The van der Waals surface area contributed by atoms with Crippen LogP contribution in [0.4, 0.5) is 5.82 Å². The van der Waals surface area contributed by atoms with E-state index in [9.17, 15) is 0 Å². The summed E-state index contributed by atoms with van der Waals surface area (Å²) >= 11 is 0. The molecular formula is C12H21N5O. The van der Waals surface area contributed by atoms with Gasteiger partial charge in [-0.3, -0.25) is 0 Å². The molecule has 0 aliphatic carbocycles. The van der Waals surface area contributed by atoms with E-state index in [-0.39, 0.29) is 5.84 Å². The molecule has 6 heteroatoms. The third-order valence-electron chi connectivity index (χ3n) is 2.80. The highest BCUT2D eigenvalue weighted by atomic mass is 16.4. The predicted octanol–water partition coefficient (Wildman–Crippen LogP) is 1.28. The molecule has 1 heterocycles. The number of oxime groups is 1. The fraction of sp³-hybridized carbons (Fsp3) is 0.583. The second-order valence-corrected chi connectivity index (χ2v) is 4.87. The molecule has 0 radical (unpaired) electrons. The number of rotatable bonds is 4. The Balaban J connectivity index is 3.31. The standard InChI is InChI=1S/C12H21N5O/c1-7(2)6-17(5)12-10(11(13)16-18)8(3)9(4)14-15-12/h7,18H,6H2,1-5H3,(H2,13,16). The normalized spacial score (nSPS) is 12.0. The molecule has 0 bridgehead atoms. The van der Waals surface area contributed by atoms with Crippen molar-refractivity contribution in [2.24, 2.45) is 16.8 Å². The Labute approximate surface area is 108 Å². The van der Waals surface area contributed by atoms with Gasteiger partial charge < -0.3 is 15.8 Å². The SMILES string of the molecule is Cc1nnc(N(C)CC(C)C)c(/C(N)=N/O)c1C. The van der Waals surface area contributed by atoms with Crippen molar-refractivity contribution in [1.82, 2.24) is 10.2 Å². The molecule has 0 unspecified atom stereocenters. The molecule has 3 N–H and O–H groups in total. The number of amidine groups is 1. The summed E-state index contributed by atoms with van der Waals surface area (Å²) in [6.45, 7) is 8.80. The second kappa shape index (κ2) is 5.66. The zero-order valence-electron chi connectivity index (χ0n) is 11.6. The largest absolute Gasteiger partial charge is 0.409 e. The predicted molar refractivity (Wildman–Crippen MR) is 72.1 cm³/mol. The fourth-order valence-corrected chi connectivity index (χ4v) is 1.85. The van der Waals surface area contributed by atoms with Crippen LogP contribution >= 0.6 is 0 Å². The van der Waals surface area contributed by atoms with Crippen LogP contribution in [-0.4, -0.2) is 34.8 Å². The molecule has 0 aliphatic rings. The minimum atomic E-state index is 0.0658. The Morgan fingerprint density at radius 3 is 2.50 bits per heavy atom. The highest BCUT2D eigenvalue weighted by molar-refractivity contribution is 6.02. The number of nitrogens with zero attached hydrogens (tertiary/aromatic N) is 4. The molecule has 0 atom stereocenters. The number of hydrogen-bond acceptors (Lipinski definition) is 5. The molecule has 0 amide bonds. The van der Waals surface area contributed by atoms with Gasteiger partial charge in [-0.25, -0.2) is 0 Å². The van der Waals surface area contributed by atoms with Crippen molar-refractivity contribution in [3.05, 3.63) is 16.8 Å². The maximum absolute atomic E-state index is 8.89. The van der Waals surface area contributed by atoms with E-state index in [1.54, 1.807) is 0 Å². The number of hydrogen-bond donors (Lipinski definition) is 2. The number of anilines is 1. The summed E-state index contributed by atoms with van der Waals surface area (Å²) in [5.41, 5.74) is 8.04. The summed E-state index contributed by atoms with van der Waals surface area (Å²) in [6.07, 6.45) is 0. The Morgan fingerprint density at radius 1 is 1.39 bits per heavy atom. The molecule has 0 aromatic carbocycles. The average molecular weight is 251 g/mol. The molecule has 1 aromatic rings. The maximum Gasteiger partial charge on any atom is 0.174 e. The summed E-state index contributed by atoms with van der Waals surface area (Å²) in [6, 6.07) is 0. The van der Waals surface area contributed by atoms with Gasteiger partial charge in [-0.1, -0.05) is 19.0 Å². The average Bonchev–Trinajstić information content (AvgIpc) is 2.30. The quantitative estimate of drug-likeness (QED) is 0.364. The van der Waals surface area contributed by atoms with Gasteiger partial charge in [-0.15, -0.1) is 5.10 Å². The molecule has 1 rings (SSSR count). The van der Waals surface area contributed by atoms with E-state index in [4.69, 9.17) is 10.9 Å². The number of aromatic nitrogens is 2. The van der Waals surface area contributed by atoms with E-state index in [1.807, 2.05) is 25.8 Å². The first-order valence-corrected chi connectivity index (χ1v) is 5.91. The van der Waals surface area contributed by atoms with Gasteiger partial charge in [0.05, 0.1) is 11.3 Å². The van der Waals surface area contributed by atoms with Crippen LogP contribution in [0.2, 0.25) is 0 Å². The molecule has 0 fully saturated rings. The lowest BCUT2D eigenvalue weighted by Crippen LogP contribution is -2.29. The minimum absolute atomic E-state index is 0.0658. The van der Waals surface area contributed by atoms with Crippen molar-refractivity contribution in [2.75, 3.05) is 18.5 Å². The number of nitrogens with two attached hydrogens (primary N) is 1. The van der Waals surface area contributed by atoms with Gasteiger partial charge >= 0.3 is 0 Å². The molecule has 18 heavy (non-hydrogen) atoms. The van der Waals surface area contributed by atoms with E-state index >= 15 is 0 Å². The van der Waals surface area contributed by atoms with Crippen LogP contribution in [0.25, 0.3) is 0 Å². The summed E-state index contributed by atoms with van der Waals surface area (Å²) in [7, 11) is 1.92. The highest BCUT2D eigenvalue weighted by Gasteiger charge is 2.18. The Bertz CT molecular complexity index is 456. The van der Waals surface area contributed by atoms with E-state index in [2.05, 4.69) is 29.2 Å². The van der Waals surface area contributed by atoms with Crippen molar-refractivity contribution < 1.29 is 5.21 Å². The summed E-state index contributed by atoms with van der Waals surface area (Å²) in [4.78, 5) is 1.97. The zero-order chi connectivity index (χ0) is 13.9. The Hall–Kier alpha value is -1.85. The highest BCUT2D eigenvalue weighted by Crippen LogP contribution is 2.21. The van der Waals surface area contributed by atoms with Crippen molar-refractivity contribution in [1.29, 1.82) is 0 Å². The van der Waals surface area contributed by atoms with Crippen molar-refractivity contribution >= 4 is 11.7 Å². The molecule has 0 spiro atoms. The summed E-state index contributed by atoms with van der Waals surface area (Å²) < 4.78 is 0. The Morgan fingerprint density at radius 2 is 2.00 bits per heavy atom. The lowest BCUT2D eigenvalue weighted by Gasteiger charge is -2.23. The first-order chi connectivity index (χ1) is 8.38. The van der Waals surface area contributed by atoms with Gasteiger partial charge in [0.2, 0.25) is 0 Å². The third-order valence-corrected chi connectivity index (χ3v) is 2.80. The lowest BCUT2D eigenvalue weighted by atomic mass is 10.1. The van der Waals surface area contributed by atoms with Gasteiger partial charge in [0, 0.05) is 13.6 Å². The molecule has 0 saturated carbocycles. The van der Waals surface area contributed by atoms with E-state index in [0.29, 0.717) is 17.3 Å². The van der Waals surface area contributed by atoms with Crippen molar-refractivity contribution in [3.8, 4) is 0 Å². The smallest absolute Gasteiger partial charge is 0.174 e. The summed E-state index contributed by atoms with van der Waals surface area (Å²) in [5, 5.41) is 20.2. The first-order valence-electron chi connectivity index (χ1n) is 5.91. The van der Waals surface area contributed by atoms with Crippen LogP contribution in [0.15, 0.2) is 5.16 Å². The van der Waals surface area contributed by atoms with Crippen LogP contribution in [-0.2, 0) is 0 Å². The molecule has 0 saturated heterocycles. The van der Waals surface area contributed by atoms with E-state index < -0.39 is 0 Å². The first kappa shape index (κ1) is 14.2. The second-order valence-electron chi connectivity index (χ2n) is 4.87. The monoisotopic (exact) mass is 251 g/mol. The van der Waals surface area contributed by atoms with Crippen LogP contribution in [0.3, 0.4) is 0 Å². The van der Waals surface area contributed by atoms with Crippen LogP contribution < -0.4 is 10.6 Å². The van der Waals surface area contributed by atoms with E-state index in [1.165, 1.54) is 0 Å².